The molecule has 1 fully saturated rings. The number of hydrogen-bond donors (Lipinski definition) is 1. The van der Waals surface area contributed by atoms with Crippen molar-refractivity contribution in [3.63, 3.8) is 0 Å². The average Bonchev–Trinajstić information content (AvgIpc) is 2.75. The van der Waals surface area contributed by atoms with E-state index >= 15 is 0 Å². The predicted octanol–water partition coefficient (Wildman–Crippen LogP) is 1.20. The van der Waals surface area contributed by atoms with E-state index in [9.17, 15) is 8.42 Å². The fraction of sp³-hybridized carbons (Fsp3) is 0.500. The number of benzene rings is 1. The molecule has 17 heavy (non-hydrogen) atoms. The molecule has 2 rings (SSSR count). The van der Waals surface area contributed by atoms with E-state index in [1.807, 2.05) is 18.2 Å². The zero-order valence-electron chi connectivity index (χ0n) is 9.96. The Bertz CT molecular complexity index is 459. The molecule has 0 unspecified atom stereocenters. The highest BCUT2D eigenvalue weighted by atomic mass is 32.2. The molecule has 1 aliphatic rings. The first kappa shape index (κ1) is 12.4. The normalized spacial score (nSPS) is 20.8. The predicted molar refractivity (Wildman–Crippen MR) is 69.7 cm³/mol. The van der Waals surface area contributed by atoms with Gasteiger partial charge in [-0.3, -0.25) is 0 Å². The van der Waals surface area contributed by atoms with E-state index in [4.69, 9.17) is 0 Å². The van der Waals surface area contributed by atoms with Crippen LogP contribution in [0.2, 0.25) is 0 Å². The van der Waals surface area contributed by atoms with Gasteiger partial charge in [0, 0.05) is 24.8 Å². The smallest absolute Gasteiger partial charge is 0.208 e. The van der Waals surface area contributed by atoms with E-state index < -0.39 is 10.0 Å². The van der Waals surface area contributed by atoms with Crippen molar-refractivity contribution in [2.75, 3.05) is 24.2 Å². The van der Waals surface area contributed by atoms with Crippen molar-refractivity contribution in [2.45, 2.75) is 18.9 Å². The topological polar surface area (TPSA) is 49.4 Å². The molecular weight excluding hydrogens is 236 g/mol. The summed E-state index contributed by atoms with van der Waals surface area (Å²) in [5, 5.41) is 0. The van der Waals surface area contributed by atoms with Crippen molar-refractivity contribution in [1.82, 2.24) is 4.72 Å². The van der Waals surface area contributed by atoms with Crippen molar-refractivity contribution >= 4 is 15.7 Å². The van der Waals surface area contributed by atoms with Crippen LogP contribution in [-0.4, -0.2) is 33.8 Å². The van der Waals surface area contributed by atoms with Crippen LogP contribution in [0, 0.1) is 0 Å². The molecule has 0 spiro atoms. The van der Waals surface area contributed by atoms with E-state index in [1.54, 1.807) is 0 Å². The second kappa shape index (κ2) is 5.06. The number of anilines is 1. The molecule has 5 heteroatoms. The lowest BCUT2D eigenvalue weighted by molar-refractivity contribution is 0.572. The van der Waals surface area contributed by atoms with Gasteiger partial charge in [-0.15, -0.1) is 0 Å². The van der Waals surface area contributed by atoms with Crippen LogP contribution in [0.4, 0.5) is 5.69 Å². The standard InChI is InChI=1S/C12H18N2O2S/c1-17(15,16)13-10-12-8-5-9-14(12)11-6-3-2-4-7-11/h2-4,6-7,12-13H,5,8-10H2,1H3/t12-/m1/s1. The zero-order chi connectivity index (χ0) is 12.3. The van der Waals surface area contributed by atoms with Crippen molar-refractivity contribution < 1.29 is 8.42 Å². The number of hydrogen-bond acceptors (Lipinski definition) is 3. The number of rotatable bonds is 4. The van der Waals surface area contributed by atoms with Crippen LogP contribution in [0.25, 0.3) is 0 Å². The first-order valence-electron chi connectivity index (χ1n) is 5.82. The summed E-state index contributed by atoms with van der Waals surface area (Å²) in [5.41, 5.74) is 1.17. The van der Waals surface area contributed by atoms with Crippen LogP contribution in [0.15, 0.2) is 30.3 Å². The summed E-state index contributed by atoms with van der Waals surface area (Å²) < 4.78 is 24.8. The van der Waals surface area contributed by atoms with Gasteiger partial charge in [0.05, 0.1) is 6.26 Å². The third-order valence-corrected chi connectivity index (χ3v) is 3.74. The Balaban J connectivity index is 2.03. The maximum atomic E-state index is 11.1. The third-order valence-electron chi connectivity index (χ3n) is 3.05. The second-order valence-corrected chi connectivity index (χ2v) is 6.28. The summed E-state index contributed by atoms with van der Waals surface area (Å²) in [6.45, 7) is 1.49. The fourth-order valence-corrected chi connectivity index (χ4v) is 2.75. The molecule has 0 amide bonds. The van der Waals surface area contributed by atoms with Gasteiger partial charge in [-0.1, -0.05) is 18.2 Å². The molecule has 0 radical (unpaired) electrons. The summed E-state index contributed by atoms with van der Waals surface area (Å²) in [7, 11) is -3.09. The minimum atomic E-state index is -3.09. The number of sulfonamides is 1. The Morgan fingerprint density at radius 1 is 1.35 bits per heavy atom. The Hall–Kier alpha value is -1.07. The Morgan fingerprint density at radius 2 is 2.06 bits per heavy atom. The minimum absolute atomic E-state index is 0.270. The van der Waals surface area contributed by atoms with Crippen molar-refractivity contribution in [3.8, 4) is 0 Å². The summed E-state index contributed by atoms with van der Waals surface area (Å²) in [5.74, 6) is 0. The van der Waals surface area contributed by atoms with Crippen molar-refractivity contribution in [2.24, 2.45) is 0 Å². The Labute approximate surface area is 103 Å². The molecule has 0 saturated carbocycles. The maximum Gasteiger partial charge on any atom is 0.208 e. The summed E-state index contributed by atoms with van der Waals surface area (Å²) in [6, 6.07) is 10.4. The molecule has 1 saturated heterocycles. The van der Waals surface area contributed by atoms with Gasteiger partial charge in [-0.05, 0) is 25.0 Å². The second-order valence-electron chi connectivity index (χ2n) is 4.45. The van der Waals surface area contributed by atoms with Crippen molar-refractivity contribution in [3.05, 3.63) is 30.3 Å². The molecule has 0 bridgehead atoms. The molecule has 4 nitrogen and oxygen atoms in total. The maximum absolute atomic E-state index is 11.1. The number of nitrogens with zero attached hydrogens (tertiary/aromatic N) is 1. The zero-order valence-corrected chi connectivity index (χ0v) is 10.8. The first-order chi connectivity index (χ1) is 8.06. The SMILES string of the molecule is CS(=O)(=O)NC[C@H]1CCCN1c1ccccc1. The average molecular weight is 254 g/mol. The molecule has 1 aromatic carbocycles. The molecular formula is C12H18N2O2S. The molecule has 1 aliphatic heterocycles. The summed E-state index contributed by atoms with van der Waals surface area (Å²) in [4.78, 5) is 2.28. The minimum Gasteiger partial charge on any atom is -0.367 e. The van der Waals surface area contributed by atoms with Crippen LogP contribution in [0.5, 0.6) is 0 Å². The Kier molecular flexibility index (Phi) is 3.69. The number of para-hydroxylation sites is 1. The highest BCUT2D eigenvalue weighted by Crippen LogP contribution is 2.24. The molecule has 1 aromatic rings. The van der Waals surface area contributed by atoms with Gasteiger partial charge in [0.1, 0.15) is 0 Å². The van der Waals surface area contributed by atoms with Gasteiger partial charge in [-0.2, -0.15) is 0 Å². The van der Waals surface area contributed by atoms with Gasteiger partial charge in [0.25, 0.3) is 0 Å². The first-order valence-corrected chi connectivity index (χ1v) is 7.72. The van der Waals surface area contributed by atoms with E-state index in [0.717, 1.165) is 19.4 Å². The molecule has 0 aliphatic carbocycles. The van der Waals surface area contributed by atoms with E-state index in [-0.39, 0.29) is 6.04 Å². The van der Waals surface area contributed by atoms with E-state index in [0.29, 0.717) is 6.54 Å². The summed E-state index contributed by atoms with van der Waals surface area (Å²) in [6.07, 6.45) is 3.36. The molecule has 1 atom stereocenters. The fourth-order valence-electron chi connectivity index (χ4n) is 2.25. The molecule has 0 aromatic heterocycles. The van der Waals surface area contributed by atoms with Crippen molar-refractivity contribution in [1.29, 1.82) is 0 Å². The monoisotopic (exact) mass is 254 g/mol. The van der Waals surface area contributed by atoms with Crippen LogP contribution in [0.1, 0.15) is 12.8 Å². The highest BCUT2D eigenvalue weighted by molar-refractivity contribution is 7.88. The lowest BCUT2D eigenvalue weighted by Gasteiger charge is -2.26. The lowest BCUT2D eigenvalue weighted by atomic mass is 10.2. The van der Waals surface area contributed by atoms with E-state index in [1.165, 1.54) is 11.9 Å². The van der Waals surface area contributed by atoms with Crippen LogP contribution < -0.4 is 9.62 Å². The quantitative estimate of drug-likeness (QED) is 0.878. The van der Waals surface area contributed by atoms with Gasteiger partial charge < -0.3 is 4.90 Å². The third kappa shape index (κ3) is 3.44. The van der Waals surface area contributed by atoms with Gasteiger partial charge in [0.15, 0.2) is 0 Å². The van der Waals surface area contributed by atoms with E-state index in [2.05, 4.69) is 21.8 Å². The lowest BCUT2D eigenvalue weighted by Crippen LogP contribution is -2.39. The Morgan fingerprint density at radius 3 is 2.71 bits per heavy atom. The molecule has 94 valence electrons. The largest absolute Gasteiger partial charge is 0.367 e. The van der Waals surface area contributed by atoms with Crippen LogP contribution in [-0.2, 0) is 10.0 Å². The van der Waals surface area contributed by atoms with Crippen LogP contribution in [0.3, 0.4) is 0 Å². The van der Waals surface area contributed by atoms with Gasteiger partial charge in [0.2, 0.25) is 10.0 Å². The van der Waals surface area contributed by atoms with Crippen LogP contribution >= 0.6 is 0 Å². The van der Waals surface area contributed by atoms with Gasteiger partial charge >= 0.3 is 0 Å². The molecule has 1 N–H and O–H groups in total. The highest BCUT2D eigenvalue weighted by Gasteiger charge is 2.25. The molecule has 1 heterocycles. The summed E-state index contributed by atoms with van der Waals surface area (Å²) >= 11 is 0. The van der Waals surface area contributed by atoms with Gasteiger partial charge in [-0.25, -0.2) is 13.1 Å². The number of nitrogens with one attached hydrogen (secondary N) is 1.